The van der Waals surface area contributed by atoms with Crippen LogP contribution < -0.4 is 21.3 Å². The zero-order valence-corrected chi connectivity index (χ0v) is 38.2. The Balaban J connectivity index is 1.27. The van der Waals surface area contributed by atoms with Crippen molar-refractivity contribution in [1.82, 2.24) is 0 Å². The van der Waals surface area contributed by atoms with Crippen LogP contribution >= 0.6 is 58.0 Å². The highest BCUT2D eigenvalue weighted by molar-refractivity contribution is 6.33. The fourth-order valence-electron chi connectivity index (χ4n) is 5.96. The molecule has 0 saturated heterocycles. The number of azo groups is 2. The first-order valence-electron chi connectivity index (χ1n) is 19.3. The van der Waals surface area contributed by atoms with Crippen LogP contribution in [-0.4, -0.2) is 47.3 Å². The smallest absolute Gasteiger partial charge is 0.258 e. The summed E-state index contributed by atoms with van der Waals surface area (Å²) < 4.78 is 0. The third-order valence-corrected chi connectivity index (χ3v) is 10.7. The summed E-state index contributed by atoms with van der Waals surface area (Å²) in [7, 11) is 0. The Morgan fingerprint density at radius 1 is 0.547 bits per heavy atom. The topological polar surface area (TPSA) is 200 Å². The Morgan fingerprint density at radius 2 is 0.984 bits per heavy atom. The van der Waals surface area contributed by atoms with Gasteiger partial charge in [0.2, 0.25) is 12.1 Å². The van der Waals surface area contributed by atoms with E-state index in [0.29, 0.717) is 22.5 Å². The molecule has 0 spiro atoms. The molecule has 0 aromatic heterocycles. The summed E-state index contributed by atoms with van der Waals surface area (Å²) in [4.78, 5) is 78.3. The average Bonchev–Trinajstić information content (AvgIpc) is 3.25. The van der Waals surface area contributed by atoms with Crippen molar-refractivity contribution >= 4 is 127 Å². The second kappa shape index (κ2) is 22.5. The molecule has 5 aromatic rings. The van der Waals surface area contributed by atoms with Crippen molar-refractivity contribution in [2.45, 2.75) is 56.4 Å². The lowest BCUT2D eigenvalue weighted by atomic mass is 10.1. The Morgan fingerprint density at radius 3 is 1.41 bits per heavy atom. The predicted octanol–water partition coefficient (Wildman–Crippen LogP) is 12.2. The maximum absolute atomic E-state index is 13.4. The normalized spacial score (nSPS) is 13.1. The van der Waals surface area contributed by atoms with E-state index in [-0.39, 0.29) is 60.6 Å². The van der Waals surface area contributed by atoms with Crippen LogP contribution in [0.1, 0.15) is 75.9 Å². The van der Waals surface area contributed by atoms with Crippen molar-refractivity contribution in [2.75, 3.05) is 21.3 Å². The molecule has 64 heavy (non-hydrogen) atoms. The molecule has 0 aliphatic carbocycles. The van der Waals surface area contributed by atoms with Gasteiger partial charge in [0, 0.05) is 39.8 Å². The quantitative estimate of drug-likeness (QED) is 0.0406. The summed E-state index contributed by atoms with van der Waals surface area (Å²) in [6.45, 7) is 5.86. The largest absolute Gasteiger partial charge is 0.324 e. The SMILES string of the molecule is CC(=O)C(N=Nc1cc(C(=O)Nc2ccccc2C(C)Cl)ccc1Cl)C(=O)Nc1ccc(NC(=O)C(N=Nc2cc(C(=O)Nc3ccccc3C(C)Cl)ccc2Cl)C(C)=O)c(CCl)c1. The number of ketones is 2. The van der Waals surface area contributed by atoms with Gasteiger partial charge in [-0.25, -0.2) is 0 Å². The first-order valence-corrected chi connectivity index (χ1v) is 21.4. The number of halogens is 5. The summed E-state index contributed by atoms with van der Waals surface area (Å²) in [6, 6.07) is 23.7. The lowest BCUT2D eigenvalue weighted by molar-refractivity contribution is -0.127. The third kappa shape index (κ3) is 12.8. The summed E-state index contributed by atoms with van der Waals surface area (Å²) in [5, 5.41) is 26.3. The molecule has 4 N–H and O–H groups in total. The Kier molecular flexibility index (Phi) is 17.3. The van der Waals surface area contributed by atoms with Gasteiger partial charge in [0.1, 0.15) is 11.4 Å². The van der Waals surface area contributed by atoms with Gasteiger partial charge in [-0.2, -0.15) is 20.5 Å². The molecule has 5 rings (SSSR count). The van der Waals surface area contributed by atoms with Crippen LogP contribution in [0.2, 0.25) is 10.0 Å². The van der Waals surface area contributed by atoms with Crippen molar-refractivity contribution in [2.24, 2.45) is 20.5 Å². The van der Waals surface area contributed by atoms with E-state index in [0.717, 1.165) is 19.4 Å². The van der Waals surface area contributed by atoms with Crippen molar-refractivity contribution in [3.63, 3.8) is 0 Å². The standard InChI is InChI=1S/C45H39Cl5N8O6/c1-23(47)31-9-5-7-11-36(31)53-42(61)27-13-16-33(49)38(20-27)55-57-40(25(3)59)44(63)51-30-15-18-35(29(19-30)22-46)52-45(64)41(26(4)60)58-56-39-21-28(14-17-34(39)50)43(62)54-37-12-8-6-10-32(37)24(2)48/h5-21,23-24,40-41H,22H2,1-4H3,(H,51,63)(H,52,64)(H,53,61)(H,54,62). The summed E-state index contributed by atoms with van der Waals surface area (Å²) in [5.74, 6) is -4.13. The van der Waals surface area contributed by atoms with Crippen LogP contribution in [0, 0.1) is 0 Å². The number of carbonyl (C=O) groups is 6. The Labute approximate surface area is 393 Å². The Hall–Kier alpha value is -6.03. The van der Waals surface area contributed by atoms with Gasteiger partial charge in [0.05, 0.1) is 20.8 Å². The lowest BCUT2D eigenvalue weighted by Gasteiger charge is -2.15. The molecule has 4 amide bonds. The molecule has 4 atom stereocenters. The molecule has 4 unspecified atom stereocenters. The molecular weight excluding hydrogens is 926 g/mol. The highest BCUT2D eigenvalue weighted by atomic mass is 35.5. The minimum absolute atomic E-state index is 0.0244. The second-order valence-electron chi connectivity index (χ2n) is 14.1. The van der Waals surface area contributed by atoms with Gasteiger partial charge >= 0.3 is 0 Å². The average molecular weight is 965 g/mol. The number of hydrogen-bond donors (Lipinski definition) is 4. The van der Waals surface area contributed by atoms with Gasteiger partial charge in [-0.05, 0) is 111 Å². The number of rotatable bonds is 17. The van der Waals surface area contributed by atoms with Gasteiger partial charge in [-0.1, -0.05) is 59.6 Å². The molecule has 0 bridgehead atoms. The molecule has 14 nitrogen and oxygen atoms in total. The van der Waals surface area contributed by atoms with Crippen LogP contribution in [0.15, 0.2) is 124 Å². The first-order chi connectivity index (χ1) is 30.5. The van der Waals surface area contributed by atoms with Crippen LogP contribution in [-0.2, 0) is 25.1 Å². The van der Waals surface area contributed by atoms with Crippen molar-refractivity contribution in [1.29, 1.82) is 0 Å². The molecule has 0 heterocycles. The van der Waals surface area contributed by atoms with Gasteiger partial charge < -0.3 is 21.3 Å². The summed E-state index contributed by atoms with van der Waals surface area (Å²) >= 11 is 31.5. The van der Waals surface area contributed by atoms with E-state index in [9.17, 15) is 28.8 Å². The number of carbonyl (C=O) groups excluding carboxylic acids is 6. The summed E-state index contributed by atoms with van der Waals surface area (Å²) in [6.07, 6.45) is 0. The van der Waals surface area contributed by atoms with E-state index in [2.05, 4.69) is 41.7 Å². The minimum Gasteiger partial charge on any atom is -0.324 e. The first kappa shape index (κ1) is 49.0. The van der Waals surface area contributed by atoms with Crippen molar-refractivity contribution in [3.05, 3.63) is 141 Å². The van der Waals surface area contributed by atoms with Crippen LogP contribution in [0.3, 0.4) is 0 Å². The van der Waals surface area contributed by atoms with Crippen molar-refractivity contribution < 1.29 is 28.8 Å². The molecule has 330 valence electrons. The molecule has 0 radical (unpaired) electrons. The number of nitrogens with one attached hydrogen (secondary N) is 4. The van der Waals surface area contributed by atoms with E-state index in [1.165, 1.54) is 54.6 Å². The monoisotopic (exact) mass is 962 g/mol. The van der Waals surface area contributed by atoms with Gasteiger partial charge in [-0.3, -0.25) is 28.8 Å². The fraction of sp³-hybridized carbons (Fsp3) is 0.200. The predicted molar refractivity (Wildman–Crippen MR) is 251 cm³/mol. The van der Waals surface area contributed by atoms with E-state index >= 15 is 0 Å². The van der Waals surface area contributed by atoms with E-state index in [4.69, 9.17) is 58.0 Å². The highest BCUT2D eigenvalue weighted by Gasteiger charge is 2.26. The second-order valence-corrected chi connectivity index (χ2v) is 16.5. The number of anilines is 4. The molecule has 5 aromatic carbocycles. The number of alkyl halides is 3. The third-order valence-electron chi connectivity index (χ3n) is 9.30. The molecule has 0 saturated carbocycles. The van der Waals surface area contributed by atoms with Crippen molar-refractivity contribution in [3.8, 4) is 0 Å². The van der Waals surface area contributed by atoms with Crippen LogP contribution in [0.5, 0.6) is 0 Å². The maximum Gasteiger partial charge on any atom is 0.258 e. The van der Waals surface area contributed by atoms with Gasteiger partial charge in [0.25, 0.3) is 23.6 Å². The number of Topliss-reactive ketones (excluding diaryl/α,β-unsaturated/α-hetero) is 2. The molecule has 19 heteroatoms. The van der Waals surface area contributed by atoms with E-state index in [1.807, 2.05) is 0 Å². The zero-order chi connectivity index (χ0) is 46.7. The highest BCUT2D eigenvalue weighted by Crippen LogP contribution is 2.32. The molecule has 0 aliphatic rings. The number of hydrogen-bond acceptors (Lipinski definition) is 10. The minimum atomic E-state index is -1.63. The summed E-state index contributed by atoms with van der Waals surface area (Å²) in [5.41, 5.74) is 3.57. The molecular formula is C45H39Cl5N8O6. The number of benzene rings is 5. The molecule has 0 aliphatic heterocycles. The van der Waals surface area contributed by atoms with Crippen LogP contribution in [0.25, 0.3) is 0 Å². The van der Waals surface area contributed by atoms with Gasteiger partial charge in [0.15, 0.2) is 11.6 Å². The van der Waals surface area contributed by atoms with E-state index in [1.54, 1.807) is 62.4 Å². The fourth-order valence-corrected chi connectivity index (χ4v) is 6.87. The van der Waals surface area contributed by atoms with Crippen LogP contribution in [0.4, 0.5) is 34.1 Å². The number of nitrogens with zero attached hydrogens (tertiary/aromatic N) is 4. The lowest BCUT2D eigenvalue weighted by Crippen LogP contribution is -2.32. The molecule has 0 fully saturated rings. The maximum atomic E-state index is 13.4. The van der Waals surface area contributed by atoms with Gasteiger partial charge in [-0.15, -0.1) is 34.8 Å². The van der Waals surface area contributed by atoms with E-state index < -0.39 is 47.3 Å². The Bertz CT molecular complexity index is 2670. The number of para-hydroxylation sites is 2. The zero-order valence-electron chi connectivity index (χ0n) is 34.5. The number of amides is 4.